The van der Waals surface area contributed by atoms with E-state index >= 15 is 0 Å². The first kappa shape index (κ1) is 22.1. The van der Waals surface area contributed by atoms with Gasteiger partial charge in [0.15, 0.2) is 0 Å². The number of rotatable bonds is 9. The fourth-order valence-corrected chi connectivity index (χ4v) is 3.99. The zero-order chi connectivity index (χ0) is 21.3. The molecule has 6 nitrogen and oxygen atoms in total. The number of carbonyl (C=O) groups excluding carboxylic acids is 1. The van der Waals surface area contributed by atoms with E-state index in [0.29, 0.717) is 18.9 Å². The van der Waals surface area contributed by atoms with Crippen LogP contribution in [-0.4, -0.2) is 67.1 Å². The lowest BCUT2D eigenvalue weighted by Crippen LogP contribution is -2.40. The molecule has 30 heavy (non-hydrogen) atoms. The monoisotopic (exact) mass is 407 g/mol. The summed E-state index contributed by atoms with van der Waals surface area (Å²) in [6, 6.07) is 10.3. The Morgan fingerprint density at radius 2 is 2.03 bits per heavy atom. The van der Waals surface area contributed by atoms with Crippen molar-refractivity contribution in [3.63, 3.8) is 0 Å². The molecule has 1 aliphatic rings. The lowest BCUT2D eigenvalue weighted by molar-refractivity contribution is -0.116. The molecule has 1 aromatic carbocycles. The summed E-state index contributed by atoms with van der Waals surface area (Å²) in [5.74, 6) is 0.518. The molecule has 0 spiro atoms. The number of piperidine rings is 1. The van der Waals surface area contributed by atoms with Crippen molar-refractivity contribution in [1.29, 1.82) is 5.26 Å². The Balaban J connectivity index is 1.49. The van der Waals surface area contributed by atoms with Crippen molar-refractivity contribution in [2.75, 3.05) is 46.8 Å². The van der Waals surface area contributed by atoms with E-state index in [4.69, 9.17) is 5.26 Å². The molecule has 2 heterocycles. The van der Waals surface area contributed by atoms with E-state index in [9.17, 15) is 4.79 Å². The Morgan fingerprint density at radius 1 is 1.27 bits per heavy atom. The normalized spacial score (nSPS) is 15.8. The van der Waals surface area contributed by atoms with Crippen molar-refractivity contribution >= 4 is 22.9 Å². The van der Waals surface area contributed by atoms with E-state index in [1.807, 2.05) is 24.4 Å². The van der Waals surface area contributed by atoms with E-state index in [1.165, 1.54) is 0 Å². The molecule has 0 radical (unpaired) electrons. The fourth-order valence-electron chi connectivity index (χ4n) is 3.99. The molecule has 1 aromatic heterocycles. The maximum atomic E-state index is 12.4. The third-order valence-corrected chi connectivity index (χ3v) is 5.83. The van der Waals surface area contributed by atoms with E-state index in [-0.39, 0.29) is 5.91 Å². The summed E-state index contributed by atoms with van der Waals surface area (Å²) >= 11 is 0. The Hall–Kier alpha value is -2.62. The van der Waals surface area contributed by atoms with Crippen molar-refractivity contribution in [3.8, 4) is 6.07 Å². The molecule has 6 heteroatoms. The van der Waals surface area contributed by atoms with Crippen LogP contribution in [0.4, 0.5) is 0 Å². The third-order valence-electron chi connectivity index (χ3n) is 5.83. The van der Waals surface area contributed by atoms with Crippen molar-refractivity contribution in [2.45, 2.75) is 25.8 Å². The Kier molecular flexibility index (Phi) is 8.06. The van der Waals surface area contributed by atoms with Gasteiger partial charge in [-0.25, -0.2) is 0 Å². The molecule has 1 aliphatic heterocycles. The predicted molar refractivity (Wildman–Crippen MR) is 122 cm³/mol. The number of hydrogen-bond donors (Lipinski definition) is 1. The second kappa shape index (κ2) is 11.0. The zero-order valence-corrected chi connectivity index (χ0v) is 18.2. The predicted octanol–water partition coefficient (Wildman–Crippen LogP) is 2.96. The van der Waals surface area contributed by atoms with Gasteiger partial charge in [0.25, 0.3) is 0 Å². The molecule has 0 atom stereocenters. The quantitative estimate of drug-likeness (QED) is 0.649. The first-order valence-electron chi connectivity index (χ1n) is 10.8. The van der Waals surface area contributed by atoms with Gasteiger partial charge in [-0.1, -0.05) is 18.2 Å². The number of likely N-dealkylation sites (tertiary alicyclic amines) is 1. The van der Waals surface area contributed by atoms with Gasteiger partial charge < -0.3 is 19.7 Å². The standard InChI is InChI=1S/C24H33N5O/c1-27(2)16-17-28-14-10-20(11-15-28)18-26-24(30)9-8-21-19-29(13-5-12-25)23-7-4-3-6-22(21)23/h3-4,6-9,19-20H,5,10-11,13-18H2,1-2H3,(H,26,30). The van der Waals surface area contributed by atoms with Crippen LogP contribution < -0.4 is 5.32 Å². The number of aromatic nitrogens is 1. The van der Waals surface area contributed by atoms with Gasteiger partial charge in [-0.05, 0) is 58.1 Å². The first-order chi connectivity index (χ1) is 14.6. The largest absolute Gasteiger partial charge is 0.352 e. The molecule has 1 amide bonds. The first-order valence-corrected chi connectivity index (χ1v) is 10.8. The van der Waals surface area contributed by atoms with Gasteiger partial charge >= 0.3 is 0 Å². The highest BCUT2D eigenvalue weighted by atomic mass is 16.1. The molecular weight excluding hydrogens is 374 g/mol. The van der Waals surface area contributed by atoms with Gasteiger partial charge in [0.05, 0.1) is 12.5 Å². The lowest BCUT2D eigenvalue weighted by atomic mass is 9.97. The summed E-state index contributed by atoms with van der Waals surface area (Å²) in [4.78, 5) is 17.1. The number of likely N-dealkylation sites (N-methyl/N-ethyl adjacent to an activating group) is 1. The topological polar surface area (TPSA) is 64.3 Å². The van der Waals surface area contributed by atoms with Crippen LogP contribution in [0.25, 0.3) is 17.0 Å². The van der Waals surface area contributed by atoms with E-state index in [1.54, 1.807) is 6.08 Å². The van der Waals surface area contributed by atoms with Crippen LogP contribution >= 0.6 is 0 Å². The number of aryl methyl sites for hydroxylation is 1. The maximum Gasteiger partial charge on any atom is 0.244 e. The molecule has 0 aliphatic carbocycles. The highest BCUT2D eigenvalue weighted by molar-refractivity contribution is 5.96. The van der Waals surface area contributed by atoms with Crippen molar-refractivity contribution in [2.24, 2.45) is 5.92 Å². The molecule has 3 rings (SSSR count). The number of amides is 1. The van der Waals surface area contributed by atoms with Crippen LogP contribution in [0.15, 0.2) is 36.5 Å². The van der Waals surface area contributed by atoms with Gasteiger partial charge in [0.2, 0.25) is 5.91 Å². The van der Waals surface area contributed by atoms with Gasteiger partial charge in [-0.3, -0.25) is 4.79 Å². The lowest BCUT2D eigenvalue weighted by Gasteiger charge is -2.32. The van der Waals surface area contributed by atoms with Crippen LogP contribution in [0.3, 0.4) is 0 Å². The van der Waals surface area contributed by atoms with E-state index < -0.39 is 0 Å². The number of hydrogen-bond acceptors (Lipinski definition) is 4. The van der Waals surface area contributed by atoms with Crippen LogP contribution in [-0.2, 0) is 11.3 Å². The summed E-state index contributed by atoms with van der Waals surface area (Å²) in [5.41, 5.74) is 2.10. The molecule has 0 bridgehead atoms. The minimum Gasteiger partial charge on any atom is -0.352 e. The summed E-state index contributed by atoms with van der Waals surface area (Å²) in [6.45, 7) is 5.85. The summed E-state index contributed by atoms with van der Waals surface area (Å²) < 4.78 is 2.08. The average molecular weight is 408 g/mol. The SMILES string of the molecule is CN(C)CCN1CCC(CNC(=O)C=Cc2cn(CCC#N)c3ccccc23)CC1. The highest BCUT2D eigenvalue weighted by Gasteiger charge is 2.19. The number of benzene rings is 1. The molecule has 0 unspecified atom stereocenters. The second-order valence-electron chi connectivity index (χ2n) is 8.37. The van der Waals surface area contributed by atoms with Crippen LogP contribution in [0.5, 0.6) is 0 Å². The smallest absolute Gasteiger partial charge is 0.244 e. The Labute approximate surface area is 179 Å². The van der Waals surface area contributed by atoms with Crippen LogP contribution in [0.1, 0.15) is 24.8 Å². The summed E-state index contributed by atoms with van der Waals surface area (Å²) in [7, 11) is 4.22. The highest BCUT2D eigenvalue weighted by Crippen LogP contribution is 2.23. The Morgan fingerprint density at radius 3 is 2.77 bits per heavy atom. The number of carbonyl (C=O) groups is 1. The van der Waals surface area contributed by atoms with Gasteiger partial charge in [-0.2, -0.15) is 5.26 Å². The average Bonchev–Trinajstić information content (AvgIpc) is 3.12. The molecule has 0 saturated carbocycles. The van der Waals surface area contributed by atoms with E-state index in [2.05, 4.69) is 52.0 Å². The van der Waals surface area contributed by atoms with Crippen molar-refractivity contribution in [3.05, 3.63) is 42.1 Å². The fraction of sp³-hybridized carbons (Fsp3) is 0.500. The number of nitriles is 1. The molecule has 1 fully saturated rings. The summed E-state index contributed by atoms with van der Waals surface area (Å²) in [6.07, 6.45) is 8.28. The van der Waals surface area contributed by atoms with Gasteiger partial charge in [0, 0.05) is 54.9 Å². The van der Waals surface area contributed by atoms with Crippen molar-refractivity contribution < 1.29 is 4.79 Å². The van der Waals surface area contributed by atoms with E-state index in [0.717, 1.165) is 62.0 Å². The number of nitrogens with zero attached hydrogens (tertiary/aromatic N) is 4. The number of fused-ring (bicyclic) bond motifs is 1. The van der Waals surface area contributed by atoms with Crippen LogP contribution in [0, 0.1) is 17.2 Å². The molecule has 1 N–H and O–H groups in total. The van der Waals surface area contributed by atoms with Crippen molar-refractivity contribution in [1.82, 2.24) is 19.7 Å². The molecule has 2 aromatic rings. The molecular formula is C24H33N5O. The van der Waals surface area contributed by atoms with Crippen LogP contribution in [0.2, 0.25) is 0 Å². The number of para-hydroxylation sites is 1. The minimum atomic E-state index is -0.0427. The minimum absolute atomic E-state index is 0.0427. The number of nitrogens with one attached hydrogen (secondary N) is 1. The molecule has 1 saturated heterocycles. The maximum absolute atomic E-state index is 12.4. The third kappa shape index (κ3) is 6.19. The summed E-state index contributed by atoms with van der Waals surface area (Å²) in [5, 5.41) is 13.1. The molecule has 160 valence electrons. The Bertz CT molecular complexity index is 900. The second-order valence-corrected chi connectivity index (χ2v) is 8.37. The van der Waals surface area contributed by atoms with Gasteiger partial charge in [-0.15, -0.1) is 0 Å². The zero-order valence-electron chi connectivity index (χ0n) is 18.2. The van der Waals surface area contributed by atoms with Gasteiger partial charge in [0.1, 0.15) is 0 Å².